The van der Waals surface area contributed by atoms with Crippen molar-refractivity contribution >= 4 is 39.3 Å². The Bertz CT molecular complexity index is 1220. The summed E-state index contributed by atoms with van der Waals surface area (Å²) in [5.41, 5.74) is 13.2. The van der Waals surface area contributed by atoms with Gasteiger partial charge in [-0.3, -0.25) is 0 Å². The number of fused-ring (bicyclic) bond motifs is 1. The largest absolute Gasteiger partial charge is 0.460 e. The number of carbonyl (C=O) groups is 1. The van der Waals surface area contributed by atoms with Gasteiger partial charge in [-0.1, -0.05) is 41.7 Å². The number of hydrogen-bond acceptors (Lipinski definition) is 9. The summed E-state index contributed by atoms with van der Waals surface area (Å²) in [5.74, 6) is 1.69. The van der Waals surface area contributed by atoms with E-state index >= 15 is 0 Å². The number of anilines is 2. The molecule has 166 valence electrons. The van der Waals surface area contributed by atoms with Crippen LogP contribution in [0.5, 0.6) is 5.06 Å². The van der Waals surface area contributed by atoms with Gasteiger partial charge in [0.2, 0.25) is 11.0 Å². The second kappa shape index (κ2) is 9.67. The summed E-state index contributed by atoms with van der Waals surface area (Å²) in [7, 11) is 0. The van der Waals surface area contributed by atoms with E-state index in [-0.39, 0.29) is 10.8 Å². The van der Waals surface area contributed by atoms with Gasteiger partial charge in [-0.15, -0.1) is 0 Å². The Labute approximate surface area is 188 Å². The number of hydrogen-bond donors (Lipinski definition) is 3. The molecule has 0 unspecified atom stereocenters. The first-order valence-electron chi connectivity index (χ1n) is 10.0. The molecule has 4 rings (SSSR count). The molecule has 5 N–H and O–H groups in total. The number of furan rings is 1. The summed E-state index contributed by atoms with van der Waals surface area (Å²) in [5, 5.41) is 3.94. The van der Waals surface area contributed by atoms with Gasteiger partial charge in [0.1, 0.15) is 16.3 Å². The first kappa shape index (κ1) is 21.6. The van der Waals surface area contributed by atoms with E-state index in [1.54, 1.807) is 0 Å². The molecule has 0 radical (unpaired) electrons. The molecule has 0 fully saturated rings. The first-order chi connectivity index (χ1) is 15.5. The number of nitrogen functional groups attached to an aromatic ring is 1. The van der Waals surface area contributed by atoms with Crippen LogP contribution in [0.2, 0.25) is 0 Å². The maximum atomic E-state index is 11.2. The summed E-state index contributed by atoms with van der Waals surface area (Å²) < 4.78 is 16.5. The van der Waals surface area contributed by atoms with E-state index in [0.29, 0.717) is 47.4 Å². The third-order valence-corrected chi connectivity index (χ3v) is 5.56. The van der Waals surface area contributed by atoms with Crippen LogP contribution in [0.4, 0.5) is 16.4 Å². The number of nitrogens with one attached hydrogen (secondary N) is 1. The molecular formula is C22H23N5O4S. The van der Waals surface area contributed by atoms with Crippen LogP contribution in [-0.2, 0) is 11.3 Å². The smallest absolute Gasteiger partial charge is 0.410 e. The van der Waals surface area contributed by atoms with Crippen molar-refractivity contribution in [2.45, 2.75) is 20.0 Å². The zero-order chi connectivity index (χ0) is 22.5. The van der Waals surface area contributed by atoms with E-state index in [4.69, 9.17) is 25.4 Å². The van der Waals surface area contributed by atoms with E-state index in [1.807, 2.05) is 49.4 Å². The van der Waals surface area contributed by atoms with Gasteiger partial charge >= 0.3 is 6.09 Å². The lowest BCUT2D eigenvalue weighted by Crippen LogP contribution is -2.16. The molecule has 0 bridgehead atoms. The van der Waals surface area contributed by atoms with Gasteiger partial charge < -0.3 is 30.7 Å². The van der Waals surface area contributed by atoms with Gasteiger partial charge in [0.25, 0.3) is 0 Å². The number of primary amides is 1. The number of rotatable bonds is 9. The highest BCUT2D eigenvalue weighted by molar-refractivity contribution is 7.21. The number of thiophene rings is 1. The average Bonchev–Trinajstić information content (AvgIpc) is 3.34. The lowest BCUT2D eigenvalue weighted by atomic mass is 10.2. The molecule has 32 heavy (non-hydrogen) atoms. The van der Waals surface area contributed by atoms with E-state index in [1.165, 1.54) is 0 Å². The Balaban J connectivity index is 1.48. The van der Waals surface area contributed by atoms with Crippen LogP contribution in [-0.4, -0.2) is 29.2 Å². The summed E-state index contributed by atoms with van der Waals surface area (Å²) >= 11 is 1.12. The molecular weight excluding hydrogens is 430 g/mol. The maximum Gasteiger partial charge on any atom is 0.410 e. The molecule has 0 spiro atoms. The molecule has 3 heterocycles. The Morgan fingerprint density at radius 3 is 2.72 bits per heavy atom. The number of amides is 1. The Hall–Kier alpha value is -3.63. The second-order valence-corrected chi connectivity index (χ2v) is 7.99. The average molecular weight is 454 g/mol. The predicted molar refractivity (Wildman–Crippen MR) is 124 cm³/mol. The summed E-state index contributed by atoms with van der Waals surface area (Å²) in [4.78, 5) is 20.9. The third kappa shape index (κ3) is 4.98. The van der Waals surface area contributed by atoms with Crippen molar-refractivity contribution in [1.29, 1.82) is 0 Å². The number of ether oxygens (including phenoxy) is 2. The van der Waals surface area contributed by atoms with Crippen molar-refractivity contribution in [3.8, 4) is 16.5 Å². The SMILES string of the molecule is Cc1ccc(-c2nc(NCCCOCc3ccccc3)nc3sc(OC(N)=O)c(N)c23)o1. The second-order valence-electron chi connectivity index (χ2n) is 7.03. The number of benzene rings is 1. The molecule has 0 saturated carbocycles. The lowest BCUT2D eigenvalue weighted by Gasteiger charge is -2.08. The molecule has 1 amide bonds. The molecule has 3 aromatic heterocycles. The molecule has 4 aromatic rings. The van der Waals surface area contributed by atoms with Crippen molar-refractivity contribution in [3.63, 3.8) is 0 Å². The molecule has 0 aliphatic heterocycles. The van der Waals surface area contributed by atoms with Crippen LogP contribution in [0.15, 0.2) is 46.9 Å². The summed E-state index contributed by atoms with van der Waals surface area (Å²) in [6.07, 6.45) is -0.174. The standard InChI is InChI=1S/C22H23N5O4S/c1-13-8-9-15(30-13)18-16-17(23)20(31-21(24)28)32-19(16)27-22(26-18)25-10-5-11-29-12-14-6-3-2-4-7-14/h2-4,6-9H,5,10-12,23H2,1H3,(H2,24,28)(H,25,26,27). The highest BCUT2D eigenvalue weighted by Crippen LogP contribution is 2.43. The van der Waals surface area contributed by atoms with Crippen LogP contribution in [0.1, 0.15) is 17.7 Å². The van der Waals surface area contributed by atoms with Gasteiger partial charge in [0, 0.05) is 13.2 Å². The minimum Gasteiger partial charge on any atom is -0.460 e. The zero-order valence-corrected chi connectivity index (χ0v) is 18.3. The topological polar surface area (TPSA) is 139 Å². The fourth-order valence-electron chi connectivity index (χ4n) is 3.13. The van der Waals surface area contributed by atoms with Crippen LogP contribution in [0, 0.1) is 6.92 Å². The van der Waals surface area contributed by atoms with Crippen LogP contribution < -0.4 is 21.5 Å². The molecule has 0 atom stereocenters. The van der Waals surface area contributed by atoms with Crippen LogP contribution in [0.25, 0.3) is 21.7 Å². The minimum absolute atomic E-state index is 0.179. The van der Waals surface area contributed by atoms with Crippen molar-refractivity contribution in [1.82, 2.24) is 9.97 Å². The summed E-state index contributed by atoms with van der Waals surface area (Å²) in [6, 6.07) is 13.7. The van der Waals surface area contributed by atoms with Crippen molar-refractivity contribution < 1.29 is 18.7 Å². The van der Waals surface area contributed by atoms with Crippen LogP contribution >= 0.6 is 11.3 Å². The number of carbonyl (C=O) groups excluding carboxylic acids is 1. The van der Waals surface area contributed by atoms with Gasteiger partial charge in [-0.25, -0.2) is 14.8 Å². The summed E-state index contributed by atoms with van der Waals surface area (Å²) in [6.45, 7) is 3.62. The predicted octanol–water partition coefficient (Wildman–Crippen LogP) is 4.32. The Morgan fingerprint density at radius 2 is 2.00 bits per heavy atom. The molecule has 0 saturated heterocycles. The number of aromatic nitrogens is 2. The molecule has 0 aliphatic carbocycles. The van der Waals surface area contributed by atoms with E-state index < -0.39 is 6.09 Å². The molecule has 0 aliphatic rings. The van der Waals surface area contributed by atoms with Gasteiger partial charge in [-0.05, 0) is 31.0 Å². The monoisotopic (exact) mass is 453 g/mol. The fourth-order valence-corrected chi connectivity index (χ4v) is 4.08. The van der Waals surface area contributed by atoms with Crippen molar-refractivity contribution in [2.75, 3.05) is 24.2 Å². The maximum absolute atomic E-state index is 11.2. The van der Waals surface area contributed by atoms with Gasteiger partial charge in [-0.2, -0.15) is 0 Å². The lowest BCUT2D eigenvalue weighted by molar-refractivity contribution is 0.120. The number of nitrogens with zero attached hydrogens (tertiary/aromatic N) is 2. The highest BCUT2D eigenvalue weighted by Gasteiger charge is 2.22. The van der Waals surface area contributed by atoms with Gasteiger partial charge in [0.05, 0.1) is 17.7 Å². The van der Waals surface area contributed by atoms with E-state index in [0.717, 1.165) is 29.1 Å². The zero-order valence-electron chi connectivity index (χ0n) is 17.5. The quantitative estimate of drug-likeness (QED) is 0.319. The minimum atomic E-state index is -0.944. The number of nitrogens with two attached hydrogens (primary N) is 2. The third-order valence-electron chi connectivity index (χ3n) is 4.58. The number of aryl methyl sites for hydroxylation is 1. The highest BCUT2D eigenvalue weighted by atomic mass is 32.1. The molecule has 10 heteroatoms. The first-order valence-corrected chi connectivity index (χ1v) is 10.8. The normalized spacial score (nSPS) is 11.0. The van der Waals surface area contributed by atoms with Gasteiger partial charge in [0.15, 0.2) is 5.76 Å². The van der Waals surface area contributed by atoms with E-state index in [2.05, 4.69) is 15.3 Å². The van der Waals surface area contributed by atoms with Crippen LogP contribution in [0.3, 0.4) is 0 Å². The molecule has 9 nitrogen and oxygen atoms in total. The van der Waals surface area contributed by atoms with Crippen molar-refractivity contribution in [3.05, 3.63) is 53.8 Å². The molecule has 1 aromatic carbocycles. The van der Waals surface area contributed by atoms with Crippen molar-refractivity contribution in [2.24, 2.45) is 5.73 Å². The Morgan fingerprint density at radius 1 is 1.19 bits per heavy atom. The fraction of sp³-hybridized carbons (Fsp3) is 0.227. The Kier molecular flexibility index (Phi) is 6.52. The van der Waals surface area contributed by atoms with E-state index in [9.17, 15) is 4.79 Å².